The molecule has 0 unspecified atom stereocenters. The van der Waals surface area contributed by atoms with Crippen molar-refractivity contribution in [3.05, 3.63) is 28.2 Å². The minimum absolute atomic E-state index is 0.00689. The van der Waals surface area contributed by atoms with E-state index in [4.69, 9.17) is 10.8 Å². The number of carboxylic acids is 1. The van der Waals surface area contributed by atoms with Gasteiger partial charge in [-0.1, -0.05) is 15.9 Å². The van der Waals surface area contributed by atoms with E-state index >= 15 is 0 Å². The summed E-state index contributed by atoms with van der Waals surface area (Å²) in [6, 6.07) is 3.89. The molecule has 1 aromatic carbocycles. The van der Waals surface area contributed by atoms with Crippen LogP contribution in [-0.2, 0) is 14.8 Å². The third-order valence-corrected chi connectivity index (χ3v) is 4.22. The van der Waals surface area contributed by atoms with Gasteiger partial charge in [-0.3, -0.25) is 9.59 Å². The van der Waals surface area contributed by atoms with Gasteiger partial charge in [0, 0.05) is 23.0 Å². The number of benzene rings is 1. The monoisotopic (exact) mass is 364 g/mol. The number of nitrogens with one attached hydrogen (secondary N) is 1. The Balaban J connectivity index is 2.87. The maximum absolute atomic E-state index is 12.0. The van der Waals surface area contributed by atoms with Crippen molar-refractivity contribution in [2.24, 2.45) is 5.73 Å². The van der Waals surface area contributed by atoms with Gasteiger partial charge in [-0.05, 0) is 24.6 Å². The zero-order chi connectivity index (χ0) is 15.3. The highest BCUT2D eigenvalue weighted by Crippen LogP contribution is 2.19. The number of carbonyl (C=O) groups excluding carboxylic acids is 1. The minimum atomic E-state index is -3.82. The molecule has 1 rings (SSSR count). The predicted molar refractivity (Wildman–Crippen MR) is 74.7 cm³/mol. The molecule has 0 fully saturated rings. The highest BCUT2D eigenvalue weighted by molar-refractivity contribution is 9.10. The molecule has 0 heterocycles. The Morgan fingerprint density at radius 3 is 2.50 bits per heavy atom. The van der Waals surface area contributed by atoms with E-state index in [2.05, 4.69) is 20.7 Å². The number of carboxylic acid groups (broad SMARTS) is 1. The lowest BCUT2D eigenvalue weighted by Crippen LogP contribution is -2.25. The lowest BCUT2D eigenvalue weighted by Gasteiger charge is -2.08. The number of hydrogen-bond donors (Lipinski definition) is 3. The summed E-state index contributed by atoms with van der Waals surface area (Å²) in [5, 5.41) is 8.46. The molecule has 0 bridgehead atoms. The van der Waals surface area contributed by atoms with E-state index in [1.165, 1.54) is 12.1 Å². The smallest absolute Gasteiger partial charge is 0.303 e. The third kappa shape index (κ3) is 4.91. The quantitative estimate of drug-likeness (QED) is 0.613. The van der Waals surface area contributed by atoms with Crippen LogP contribution in [0.25, 0.3) is 0 Å². The largest absolute Gasteiger partial charge is 0.481 e. The van der Waals surface area contributed by atoms with E-state index in [9.17, 15) is 18.0 Å². The molecule has 0 radical (unpaired) electrons. The topological polar surface area (TPSA) is 127 Å². The molecule has 0 saturated carbocycles. The van der Waals surface area contributed by atoms with Crippen LogP contribution in [0.2, 0.25) is 0 Å². The van der Waals surface area contributed by atoms with Crippen molar-refractivity contribution >= 4 is 37.8 Å². The fraction of sp³-hybridized carbons (Fsp3) is 0.273. The van der Waals surface area contributed by atoms with Crippen LogP contribution in [0.3, 0.4) is 0 Å². The van der Waals surface area contributed by atoms with E-state index in [1.807, 2.05) is 0 Å². The summed E-state index contributed by atoms with van der Waals surface area (Å²) in [7, 11) is -3.82. The molecule has 0 aliphatic carbocycles. The van der Waals surface area contributed by atoms with Gasteiger partial charge in [-0.25, -0.2) is 13.1 Å². The molecular formula is C11H13BrN2O5S. The molecule has 7 nitrogen and oxygen atoms in total. The zero-order valence-electron chi connectivity index (χ0n) is 10.3. The Hall–Kier alpha value is -1.45. The first-order chi connectivity index (χ1) is 9.22. The van der Waals surface area contributed by atoms with Crippen molar-refractivity contribution < 1.29 is 23.1 Å². The number of amides is 1. The second-order valence-corrected chi connectivity index (χ2v) is 6.62. The van der Waals surface area contributed by atoms with Crippen LogP contribution in [0, 0.1) is 0 Å². The highest BCUT2D eigenvalue weighted by atomic mass is 79.9. The van der Waals surface area contributed by atoms with Crippen LogP contribution in [0.4, 0.5) is 0 Å². The Morgan fingerprint density at radius 1 is 1.30 bits per heavy atom. The van der Waals surface area contributed by atoms with Crippen LogP contribution in [0.1, 0.15) is 23.2 Å². The fourth-order valence-electron chi connectivity index (χ4n) is 1.39. The maximum atomic E-state index is 12.0. The molecule has 1 amide bonds. The number of rotatable bonds is 7. The van der Waals surface area contributed by atoms with Gasteiger partial charge < -0.3 is 10.8 Å². The molecule has 9 heteroatoms. The Kier molecular flexibility index (Phi) is 5.66. The summed E-state index contributed by atoms with van der Waals surface area (Å²) in [6.07, 6.45) is 0.0405. The van der Waals surface area contributed by atoms with Crippen LogP contribution >= 0.6 is 15.9 Å². The third-order valence-electron chi connectivity index (χ3n) is 2.33. The lowest BCUT2D eigenvalue weighted by molar-refractivity contribution is -0.137. The normalized spacial score (nSPS) is 11.2. The molecule has 0 aromatic heterocycles. The van der Waals surface area contributed by atoms with Crippen molar-refractivity contribution in [3.8, 4) is 0 Å². The number of carbonyl (C=O) groups is 2. The summed E-state index contributed by atoms with van der Waals surface area (Å²) in [5.41, 5.74) is 5.17. The molecular weight excluding hydrogens is 352 g/mol. The summed E-state index contributed by atoms with van der Waals surface area (Å²) in [5.74, 6) is -1.74. The summed E-state index contributed by atoms with van der Waals surface area (Å²) >= 11 is 3.10. The second-order valence-electron chi connectivity index (χ2n) is 3.93. The first-order valence-electron chi connectivity index (χ1n) is 5.54. The number of hydrogen-bond acceptors (Lipinski definition) is 4. The molecule has 110 valence electrons. The highest BCUT2D eigenvalue weighted by Gasteiger charge is 2.16. The molecule has 1 aromatic rings. The van der Waals surface area contributed by atoms with Gasteiger partial charge in [-0.15, -0.1) is 0 Å². The molecule has 0 spiro atoms. The summed E-state index contributed by atoms with van der Waals surface area (Å²) in [4.78, 5) is 21.3. The summed E-state index contributed by atoms with van der Waals surface area (Å²) in [6.45, 7) is -0.00689. The minimum Gasteiger partial charge on any atom is -0.481 e. The van der Waals surface area contributed by atoms with Crippen molar-refractivity contribution in [2.75, 3.05) is 6.54 Å². The zero-order valence-corrected chi connectivity index (χ0v) is 12.7. The lowest BCUT2D eigenvalue weighted by atomic mass is 10.2. The molecule has 0 aliphatic heterocycles. The molecule has 20 heavy (non-hydrogen) atoms. The van der Waals surface area contributed by atoms with Gasteiger partial charge in [0.25, 0.3) is 0 Å². The number of aliphatic carboxylic acids is 1. The van der Waals surface area contributed by atoms with Crippen LogP contribution in [0.15, 0.2) is 27.6 Å². The van der Waals surface area contributed by atoms with Gasteiger partial charge in [0.05, 0.1) is 4.90 Å². The Bertz CT molecular complexity index is 630. The van der Waals surface area contributed by atoms with E-state index in [0.29, 0.717) is 4.47 Å². The SMILES string of the molecule is NC(=O)c1cc(Br)cc(S(=O)(=O)NCCCC(=O)O)c1. The second kappa shape index (κ2) is 6.82. The van der Waals surface area contributed by atoms with Crippen molar-refractivity contribution in [1.29, 1.82) is 0 Å². The first kappa shape index (κ1) is 16.6. The van der Waals surface area contributed by atoms with Gasteiger partial charge in [0.2, 0.25) is 15.9 Å². The van der Waals surface area contributed by atoms with Gasteiger partial charge in [0.1, 0.15) is 0 Å². The average molecular weight is 365 g/mol. The predicted octanol–water partition coefficient (Wildman–Crippen LogP) is 0.691. The van der Waals surface area contributed by atoms with Crippen LogP contribution < -0.4 is 10.5 Å². The van der Waals surface area contributed by atoms with Crippen LogP contribution in [0.5, 0.6) is 0 Å². The number of halogens is 1. The number of primary amides is 1. The van der Waals surface area contributed by atoms with E-state index in [1.54, 1.807) is 0 Å². The standard InChI is InChI=1S/C11H13BrN2O5S/c12-8-4-7(11(13)17)5-9(6-8)20(18,19)14-3-1-2-10(15)16/h4-6,14H,1-3H2,(H2,13,17)(H,15,16). The van der Waals surface area contributed by atoms with Crippen molar-refractivity contribution in [1.82, 2.24) is 4.72 Å². The van der Waals surface area contributed by atoms with E-state index in [0.717, 1.165) is 6.07 Å². The maximum Gasteiger partial charge on any atom is 0.303 e. The fourth-order valence-corrected chi connectivity index (χ4v) is 3.18. The van der Waals surface area contributed by atoms with Crippen molar-refractivity contribution in [2.45, 2.75) is 17.7 Å². The van der Waals surface area contributed by atoms with E-state index in [-0.39, 0.29) is 29.8 Å². The molecule has 4 N–H and O–H groups in total. The van der Waals surface area contributed by atoms with Gasteiger partial charge in [0.15, 0.2) is 0 Å². The molecule has 0 aliphatic rings. The van der Waals surface area contributed by atoms with Gasteiger partial charge in [-0.2, -0.15) is 0 Å². The molecule has 0 atom stereocenters. The van der Waals surface area contributed by atoms with Crippen molar-refractivity contribution in [3.63, 3.8) is 0 Å². The van der Waals surface area contributed by atoms with Gasteiger partial charge >= 0.3 is 5.97 Å². The van der Waals surface area contributed by atoms with Crippen LogP contribution in [-0.4, -0.2) is 31.9 Å². The Morgan fingerprint density at radius 2 is 1.95 bits per heavy atom. The number of nitrogens with two attached hydrogens (primary N) is 1. The number of sulfonamides is 1. The molecule has 0 saturated heterocycles. The van der Waals surface area contributed by atoms with E-state index < -0.39 is 21.9 Å². The summed E-state index contributed by atoms with van der Waals surface area (Å²) < 4.78 is 26.6. The first-order valence-corrected chi connectivity index (χ1v) is 7.82. The average Bonchev–Trinajstić information content (AvgIpc) is 2.33. The Labute approximate surface area is 124 Å².